The minimum atomic E-state index is 0.00486. The Balaban J connectivity index is 2.42. The number of hydrogen-bond donors (Lipinski definition) is 1. The molecule has 1 aromatic rings. The van der Waals surface area contributed by atoms with Gasteiger partial charge in [0, 0.05) is 11.6 Å². The lowest BCUT2D eigenvalue weighted by molar-refractivity contribution is 0.183. The number of likely N-dealkylation sites (tertiary alicyclic amines) is 1. The van der Waals surface area contributed by atoms with Crippen LogP contribution in [0.5, 0.6) is 0 Å². The molecule has 82 valence electrons. The number of hydrogen-bond acceptors (Lipinski definition) is 2. The molecule has 0 aliphatic carbocycles. The van der Waals surface area contributed by atoms with Crippen LogP contribution in [0.3, 0.4) is 0 Å². The highest BCUT2D eigenvalue weighted by atomic mass is 35.5. The van der Waals surface area contributed by atoms with Gasteiger partial charge in [0.2, 0.25) is 0 Å². The van der Waals surface area contributed by atoms with Crippen molar-refractivity contribution in [2.45, 2.75) is 18.4 Å². The SMILES string of the molecule is CN1CCCC1(CN)c1cccc(Cl)c1. The number of halogens is 1. The molecule has 2 rings (SSSR count). The van der Waals surface area contributed by atoms with Crippen molar-refractivity contribution in [1.29, 1.82) is 0 Å². The van der Waals surface area contributed by atoms with E-state index in [-0.39, 0.29) is 5.54 Å². The standard InChI is InChI=1S/C12H17ClN2/c1-15-7-3-6-12(15,9-14)10-4-2-5-11(13)8-10/h2,4-5,8H,3,6-7,9,14H2,1H3. The van der Waals surface area contributed by atoms with E-state index in [0.29, 0.717) is 6.54 Å². The number of likely N-dealkylation sites (N-methyl/N-ethyl adjacent to an activating group) is 1. The Morgan fingerprint density at radius 1 is 1.53 bits per heavy atom. The van der Waals surface area contributed by atoms with Gasteiger partial charge in [-0.3, -0.25) is 4.90 Å². The fourth-order valence-electron chi connectivity index (χ4n) is 2.53. The fourth-order valence-corrected chi connectivity index (χ4v) is 2.72. The van der Waals surface area contributed by atoms with E-state index in [2.05, 4.69) is 18.0 Å². The third-order valence-corrected chi connectivity index (χ3v) is 3.75. The molecule has 0 aromatic heterocycles. The number of nitrogens with two attached hydrogens (primary N) is 1. The van der Waals surface area contributed by atoms with E-state index in [1.54, 1.807) is 0 Å². The Hall–Kier alpha value is -0.570. The summed E-state index contributed by atoms with van der Waals surface area (Å²) >= 11 is 6.03. The van der Waals surface area contributed by atoms with Crippen LogP contribution in [-0.4, -0.2) is 25.0 Å². The normalized spacial score (nSPS) is 27.1. The summed E-state index contributed by atoms with van der Waals surface area (Å²) in [4.78, 5) is 2.35. The van der Waals surface area contributed by atoms with E-state index < -0.39 is 0 Å². The second-order valence-electron chi connectivity index (χ2n) is 4.27. The van der Waals surface area contributed by atoms with Gasteiger partial charge in [0.05, 0.1) is 5.54 Å². The molecule has 1 saturated heterocycles. The number of benzene rings is 1. The molecule has 0 amide bonds. The van der Waals surface area contributed by atoms with E-state index in [4.69, 9.17) is 17.3 Å². The van der Waals surface area contributed by atoms with E-state index in [1.165, 1.54) is 12.0 Å². The van der Waals surface area contributed by atoms with Crippen molar-refractivity contribution in [3.63, 3.8) is 0 Å². The van der Waals surface area contributed by atoms with Crippen molar-refractivity contribution >= 4 is 11.6 Å². The summed E-state index contributed by atoms with van der Waals surface area (Å²) in [6.45, 7) is 1.77. The summed E-state index contributed by atoms with van der Waals surface area (Å²) in [5.74, 6) is 0. The van der Waals surface area contributed by atoms with Crippen molar-refractivity contribution in [1.82, 2.24) is 4.90 Å². The number of rotatable bonds is 2. The van der Waals surface area contributed by atoms with Crippen molar-refractivity contribution in [2.75, 3.05) is 20.1 Å². The van der Waals surface area contributed by atoms with Crippen LogP contribution in [0.4, 0.5) is 0 Å². The first-order valence-electron chi connectivity index (χ1n) is 5.36. The van der Waals surface area contributed by atoms with Crippen LogP contribution >= 0.6 is 11.6 Å². The summed E-state index contributed by atoms with van der Waals surface area (Å²) in [6, 6.07) is 8.07. The van der Waals surface area contributed by atoms with Crippen molar-refractivity contribution in [3.05, 3.63) is 34.9 Å². The van der Waals surface area contributed by atoms with Gasteiger partial charge in [-0.05, 0) is 44.1 Å². The quantitative estimate of drug-likeness (QED) is 0.835. The molecule has 1 heterocycles. The average Bonchev–Trinajstić information content (AvgIpc) is 2.61. The second-order valence-corrected chi connectivity index (χ2v) is 4.71. The largest absolute Gasteiger partial charge is 0.328 e. The van der Waals surface area contributed by atoms with Crippen LogP contribution in [0.1, 0.15) is 18.4 Å². The van der Waals surface area contributed by atoms with Gasteiger partial charge >= 0.3 is 0 Å². The van der Waals surface area contributed by atoms with Gasteiger partial charge in [-0.15, -0.1) is 0 Å². The van der Waals surface area contributed by atoms with Crippen LogP contribution < -0.4 is 5.73 Å². The Bertz CT molecular complexity index is 353. The summed E-state index contributed by atoms with van der Waals surface area (Å²) in [5, 5.41) is 0.792. The Labute approximate surface area is 96.0 Å². The molecule has 15 heavy (non-hydrogen) atoms. The molecule has 0 saturated carbocycles. The zero-order valence-corrected chi connectivity index (χ0v) is 9.80. The van der Waals surface area contributed by atoms with Gasteiger partial charge in [-0.25, -0.2) is 0 Å². The van der Waals surface area contributed by atoms with Gasteiger partial charge in [-0.1, -0.05) is 23.7 Å². The van der Waals surface area contributed by atoms with Crippen LogP contribution in [0.15, 0.2) is 24.3 Å². The molecule has 0 bridgehead atoms. The minimum absolute atomic E-state index is 0.00486. The molecule has 1 fully saturated rings. The average molecular weight is 225 g/mol. The van der Waals surface area contributed by atoms with Crippen molar-refractivity contribution in [3.8, 4) is 0 Å². The maximum absolute atomic E-state index is 6.03. The molecule has 0 radical (unpaired) electrons. The lowest BCUT2D eigenvalue weighted by Gasteiger charge is -2.35. The highest BCUT2D eigenvalue weighted by Gasteiger charge is 2.38. The summed E-state index contributed by atoms with van der Waals surface area (Å²) in [5.41, 5.74) is 7.21. The van der Waals surface area contributed by atoms with Gasteiger partial charge in [0.15, 0.2) is 0 Å². The summed E-state index contributed by atoms with van der Waals surface area (Å²) in [6.07, 6.45) is 2.33. The molecule has 1 aliphatic rings. The highest BCUT2D eigenvalue weighted by Crippen LogP contribution is 2.37. The molecule has 3 heteroatoms. The first-order valence-corrected chi connectivity index (χ1v) is 5.74. The summed E-state index contributed by atoms with van der Waals surface area (Å²) < 4.78 is 0. The zero-order chi connectivity index (χ0) is 10.9. The molecule has 1 aromatic carbocycles. The maximum atomic E-state index is 6.03. The lowest BCUT2D eigenvalue weighted by atomic mass is 9.87. The van der Waals surface area contributed by atoms with Gasteiger partial charge in [-0.2, -0.15) is 0 Å². The molecule has 0 spiro atoms. The second kappa shape index (κ2) is 4.12. The zero-order valence-electron chi connectivity index (χ0n) is 9.04. The van der Waals surface area contributed by atoms with E-state index in [1.807, 2.05) is 18.2 Å². The van der Waals surface area contributed by atoms with Gasteiger partial charge in [0.25, 0.3) is 0 Å². The maximum Gasteiger partial charge on any atom is 0.0582 e. The first kappa shape index (κ1) is 10.9. The van der Waals surface area contributed by atoms with Crippen LogP contribution in [0, 0.1) is 0 Å². The Morgan fingerprint density at radius 3 is 2.87 bits per heavy atom. The topological polar surface area (TPSA) is 29.3 Å². The van der Waals surface area contributed by atoms with Crippen molar-refractivity contribution < 1.29 is 0 Å². The van der Waals surface area contributed by atoms with Crippen molar-refractivity contribution in [2.24, 2.45) is 5.73 Å². The van der Waals surface area contributed by atoms with Gasteiger partial charge in [0.1, 0.15) is 0 Å². The molecule has 2 nitrogen and oxygen atoms in total. The molecule has 2 N–H and O–H groups in total. The monoisotopic (exact) mass is 224 g/mol. The Kier molecular flexibility index (Phi) is 3.01. The third kappa shape index (κ3) is 1.78. The Morgan fingerprint density at radius 2 is 2.33 bits per heavy atom. The smallest absolute Gasteiger partial charge is 0.0582 e. The van der Waals surface area contributed by atoms with Gasteiger partial charge < -0.3 is 5.73 Å². The molecule has 1 atom stereocenters. The molecular weight excluding hydrogens is 208 g/mol. The minimum Gasteiger partial charge on any atom is -0.328 e. The van der Waals surface area contributed by atoms with Crippen LogP contribution in [0.25, 0.3) is 0 Å². The van der Waals surface area contributed by atoms with E-state index >= 15 is 0 Å². The predicted octanol–water partition coefficient (Wildman–Crippen LogP) is 2.22. The van der Waals surface area contributed by atoms with Crippen LogP contribution in [0.2, 0.25) is 5.02 Å². The van der Waals surface area contributed by atoms with Crippen LogP contribution in [-0.2, 0) is 5.54 Å². The molecule has 1 aliphatic heterocycles. The summed E-state index contributed by atoms with van der Waals surface area (Å²) in [7, 11) is 2.14. The van der Waals surface area contributed by atoms with E-state index in [0.717, 1.165) is 18.0 Å². The fraction of sp³-hybridized carbons (Fsp3) is 0.500. The third-order valence-electron chi connectivity index (χ3n) is 3.51. The lowest BCUT2D eigenvalue weighted by Crippen LogP contribution is -2.44. The van der Waals surface area contributed by atoms with E-state index in [9.17, 15) is 0 Å². The first-order chi connectivity index (χ1) is 7.19. The molecule has 1 unspecified atom stereocenters. The number of nitrogens with zero attached hydrogens (tertiary/aromatic N) is 1. The predicted molar refractivity (Wildman–Crippen MR) is 64.0 cm³/mol. The highest BCUT2D eigenvalue weighted by molar-refractivity contribution is 6.30. The molecular formula is C12H17ClN2.